The lowest BCUT2D eigenvalue weighted by Crippen LogP contribution is -1.94. The van der Waals surface area contributed by atoms with E-state index in [2.05, 4.69) is 25.0 Å². The summed E-state index contributed by atoms with van der Waals surface area (Å²) < 4.78 is 1.88. The van der Waals surface area contributed by atoms with Crippen molar-refractivity contribution in [2.45, 2.75) is 27.4 Å². The van der Waals surface area contributed by atoms with E-state index in [1.165, 1.54) is 5.56 Å². The fourth-order valence-corrected chi connectivity index (χ4v) is 2.82. The summed E-state index contributed by atoms with van der Waals surface area (Å²) in [5, 5.41) is 14.9. The quantitative estimate of drug-likeness (QED) is 0.785. The van der Waals surface area contributed by atoms with Gasteiger partial charge in [-0.05, 0) is 44.0 Å². The zero-order valence-electron chi connectivity index (χ0n) is 12.8. The third-order valence-corrected chi connectivity index (χ3v) is 4.03. The second kappa shape index (κ2) is 4.97. The zero-order valence-corrected chi connectivity index (χ0v) is 12.8. The summed E-state index contributed by atoms with van der Waals surface area (Å²) in [6.07, 6.45) is 0. The highest BCUT2D eigenvalue weighted by molar-refractivity contribution is 5.86. The van der Waals surface area contributed by atoms with Crippen molar-refractivity contribution in [3.63, 3.8) is 0 Å². The molecule has 0 saturated heterocycles. The van der Waals surface area contributed by atoms with Gasteiger partial charge in [-0.2, -0.15) is 5.10 Å². The van der Waals surface area contributed by atoms with Gasteiger partial charge in [0.1, 0.15) is 0 Å². The van der Waals surface area contributed by atoms with E-state index < -0.39 is 0 Å². The maximum absolute atomic E-state index is 9.30. The molecule has 3 rings (SSSR count). The minimum Gasteiger partial charge on any atom is -0.392 e. The van der Waals surface area contributed by atoms with Crippen molar-refractivity contribution in [2.75, 3.05) is 0 Å². The van der Waals surface area contributed by atoms with Crippen LogP contribution in [-0.4, -0.2) is 19.9 Å². The Morgan fingerprint density at radius 3 is 2.52 bits per heavy atom. The molecule has 0 aliphatic carbocycles. The minimum absolute atomic E-state index is 0.0336. The summed E-state index contributed by atoms with van der Waals surface area (Å²) in [4.78, 5) is 4.79. The Bertz CT molecular complexity index is 834. The number of rotatable bonds is 2. The molecule has 1 N–H and O–H groups in total. The Kier molecular flexibility index (Phi) is 3.26. The number of nitrogens with zero attached hydrogens (tertiary/aromatic N) is 3. The van der Waals surface area contributed by atoms with Crippen molar-refractivity contribution >= 4 is 10.9 Å². The van der Waals surface area contributed by atoms with E-state index in [0.29, 0.717) is 0 Å². The Hall–Kier alpha value is -2.20. The molecule has 4 heteroatoms. The summed E-state index contributed by atoms with van der Waals surface area (Å²) in [5.41, 5.74) is 7.11. The van der Waals surface area contributed by atoms with Gasteiger partial charge in [0.25, 0.3) is 0 Å². The van der Waals surface area contributed by atoms with Crippen molar-refractivity contribution in [3.05, 3.63) is 46.8 Å². The number of aliphatic hydroxyl groups excluding tert-OH is 1. The van der Waals surface area contributed by atoms with Gasteiger partial charge >= 0.3 is 0 Å². The molecule has 0 fully saturated rings. The third kappa shape index (κ3) is 2.21. The van der Waals surface area contributed by atoms with Crippen LogP contribution in [0.2, 0.25) is 0 Å². The number of aryl methyl sites for hydroxylation is 3. The largest absolute Gasteiger partial charge is 0.392 e. The average molecular weight is 281 g/mol. The molecule has 4 nitrogen and oxygen atoms in total. The standard InChI is InChI=1S/C17H19N3O/c1-10-7-16(17-11(2)19-20(4)12(17)3)18-15-8-13(9-21)5-6-14(10)15/h5-8,21H,9H2,1-4H3. The maximum atomic E-state index is 9.30. The second-order valence-corrected chi connectivity index (χ2v) is 5.50. The van der Waals surface area contributed by atoms with E-state index in [1.807, 2.05) is 36.9 Å². The van der Waals surface area contributed by atoms with Crippen molar-refractivity contribution in [1.29, 1.82) is 0 Å². The van der Waals surface area contributed by atoms with Gasteiger partial charge in [0.2, 0.25) is 0 Å². The van der Waals surface area contributed by atoms with Crippen LogP contribution in [0.15, 0.2) is 24.3 Å². The topological polar surface area (TPSA) is 50.9 Å². The summed E-state index contributed by atoms with van der Waals surface area (Å²) in [6, 6.07) is 8.03. The van der Waals surface area contributed by atoms with Gasteiger partial charge in [-0.1, -0.05) is 12.1 Å². The molecule has 0 atom stereocenters. The normalized spacial score (nSPS) is 11.3. The highest BCUT2D eigenvalue weighted by atomic mass is 16.3. The van der Waals surface area contributed by atoms with Crippen LogP contribution in [0.25, 0.3) is 22.2 Å². The fourth-order valence-electron chi connectivity index (χ4n) is 2.82. The molecule has 2 aromatic heterocycles. The van der Waals surface area contributed by atoms with Gasteiger partial charge in [-0.25, -0.2) is 4.98 Å². The van der Waals surface area contributed by atoms with Gasteiger partial charge in [0.15, 0.2) is 0 Å². The van der Waals surface area contributed by atoms with E-state index in [0.717, 1.165) is 39.1 Å². The van der Waals surface area contributed by atoms with Crippen molar-refractivity contribution < 1.29 is 5.11 Å². The number of pyridine rings is 1. The van der Waals surface area contributed by atoms with Gasteiger partial charge in [0.05, 0.1) is 23.5 Å². The monoisotopic (exact) mass is 281 g/mol. The minimum atomic E-state index is 0.0336. The molecule has 0 aliphatic rings. The van der Waals surface area contributed by atoms with Crippen LogP contribution in [0.1, 0.15) is 22.5 Å². The van der Waals surface area contributed by atoms with Crippen LogP contribution in [0.4, 0.5) is 0 Å². The number of hydrogen-bond acceptors (Lipinski definition) is 3. The molecule has 0 saturated carbocycles. The highest BCUT2D eigenvalue weighted by Crippen LogP contribution is 2.29. The molecule has 3 aromatic rings. The smallest absolute Gasteiger partial charge is 0.0749 e. The lowest BCUT2D eigenvalue weighted by molar-refractivity contribution is 0.282. The van der Waals surface area contributed by atoms with Gasteiger partial charge in [-0.15, -0.1) is 0 Å². The lowest BCUT2D eigenvalue weighted by Gasteiger charge is -2.08. The van der Waals surface area contributed by atoms with Crippen molar-refractivity contribution in [3.8, 4) is 11.3 Å². The molecular formula is C17H19N3O. The van der Waals surface area contributed by atoms with Crippen LogP contribution in [-0.2, 0) is 13.7 Å². The molecule has 0 radical (unpaired) electrons. The Morgan fingerprint density at radius 2 is 1.90 bits per heavy atom. The molecule has 0 spiro atoms. The lowest BCUT2D eigenvalue weighted by atomic mass is 10.0. The van der Waals surface area contributed by atoms with Crippen LogP contribution >= 0.6 is 0 Å². The van der Waals surface area contributed by atoms with Crippen LogP contribution < -0.4 is 0 Å². The van der Waals surface area contributed by atoms with E-state index >= 15 is 0 Å². The number of fused-ring (bicyclic) bond motifs is 1. The van der Waals surface area contributed by atoms with Crippen molar-refractivity contribution in [2.24, 2.45) is 7.05 Å². The van der Waals surface area contributed by atoms with E-state index in [-0.39, 0.29) is 6.61 Å². The van der Waals surface area contributed by atoms with Crippen molar-refractivity contribution in [1.82, 2.24) is 14.8 Å². The van der Waals surface area contributed by atoms with E-state index in [9.17, 15) is 5.11 Å². The molecule has 108 valence electrons. The molecule has 0 unspecified atom stereocenters. The van der Waals surface area contributed by atoms with Gasteiger partial charge in [0, 0.05) is 23.7 Å². The highest BCUT2D eigenvalue weighted by Gasteiger charge is 2.14. The second-order valence-electron chi connectivity index (χ2n) is 5.50. The first-order valence-electron chi connectivity index (χ1n) is 7.03. The third-order valence-electron chi connectivity index (χ3n) is 4.03. The molecule has 0 aliphatic heterocycles. The SMILES string of the molecule is Cc1nn(C)c(C)c1-c1cc(C)c2ccc(CO)cc2n1. The summed E-state index contributed by atoms with van der Waals surface area (Å²) >= 11 is 0. The van der Waals surface area contributed by atoms with E-state index in [1.54, 1.807) is 0 Å². The van der Waals surface area contributed by atoms with Gasteiger partial charge in [-0.3, -0.25) is 4.68 Å². The molecule has 2 heterocycles. The zero-order chi connectivity index (χ0) is 15.1. The predicted molar refractivity (Wildman–Crippen MR) is 84.1 cm³/mol. The first-order chi connectivity index (χ1) is 10.0. The fraction of sp³-hybridized carbons (Fsp3) is 0.294. The van der Waals surface area contributed by atoms with Crippen LogP contribution in [0.3, 0.4) is 0 Å². The Morgan fingerprint density at radius 1 is 1.14 bits per heavy atom. The molecular weight excluding hydrogens is 262 g/mol. The predicted octanol–water partition coefficient (Wildman–Crippen LogP) is 3.05. The van der Waals surface area contributed by atoms with Crippen LogP contribution in [0, 0.1) is 20.8 Å². The van der Waals surface area contributed by atoms with E-state index in [4.69, 9.17) is 4.98 Å². The first-order valence-corrected chi connectivity index (χ1v) is 7.03. The maximum Gasteiger partial charge on any atom is 0.0749 e. The molecule has 1 aromatic carbocycles. The van der Waals surface area contributed by atoms with Crippen LogP contribution in [0.5, 0.6) is 0 Å². The summed E-state index contributed by atoms with van der Waals surface area (Å²) in [5.74, 6) is 0. The number of aromatic nitrogens is 3. The number of benzene rings is 1. The first kappa shape index (κ1) is 13.8. The number of hydrogen-bond donors (Lipinski definition) is 1. The Labute approximate surface area is 124 Å². The van der Waals surface area contributed by atoms with Gasteiger partial charge < -0.3 is 5.11 Å². The molecule has 21 heavy (non-hydrogen) atoms. The molecule has 0 bridgehead atoms. The molecule has 0 amide bonds. The Balaban J connectivity index is 2.28. The summed E-state index contributed by atoms with van der Waals surface area (Å²) in [7, 11) is 1.95. The number of aliphatic hydroxyl groups is 1. The summed E-state index contributed by atoms with van der Waals surface area (Å²) in [6.45, 7) is 6.19. The average Bonchev–Trinajstić information content (AvgIpc) is 2.71.